The Labute approximate surface area is 205 Å². The number of aliphatic carboxylic acids is 1. The highest BCUT2D eigenvalue weighted by Crippen LogP contribution is 2.40. The zero-order valence-corrected chi connectivity index (χ0v) is 20.1. The van der Waals surface area contributed by atoms with Crippen molar-refractivity contribution in [1.29, 1.82) is 0 Å². The Bertz CT molecular complexity index is 1050. The number of thioether (sulfide) groups is 1. The van der Waals surface area contributed by atoms with Crippen LogP contribution < -0.4 is 0 Å². The topological polar surface area (TPSA) is 84.6 Å². The molecule has 0 bridgehead atoms. The van der Waals surface area contributed by atoms with Crippen LogP contribution in [0.15, 0.2) is 65.7 Å². The van der Waals surface area contributed by atoms with Gasteiger partial charge in [0.2, 0.25) is 0 Å². The molecule has 1 saturated carbocycles. The molecule has 1 aromatic heterocycles. The number of hydrogen-bond donors (Lipinski definition) is 2. The minimum absolute atomic E-state index is 0.117. The van der Waals surface area contributed by atoms with Crippen molar-refractivity contribution in [3.05, 3.63) is 60.7 Å². The number of carbonyl (C=O) groups is 1. The molecule has 6 nitrogen and oxygen atoms in total. The maximum Gasteiger partial charge on any atom is 0.329 e. The van der Waals surface area contributed by atoms with Crippen LogP contribution in [0.4, 0.5) is 0 Å². The quantitative estimate of drug-likeness (QED) is 0.367. The summed E-state index contributed by atoms with van der Waals surface area (Å²) < 4.78 is 7.47. The number of hydrogen-bond acceptors (Lipinski definition) is 5. The average Bonchev–Trinajstić information content (AvgIpc) is 3.22. The van der Waals surface area contributed by atoms with Crippen molar-refractivity contribution in [3.8, 4) is 22.4 Å². The summed E-state index contributed by atoms with van der Waals surface area (Å²) >= 11 is 1.66. The fraction of sp³-hybridized carbons (Fsp3) is 0.407. The van der Waals surface area contributed by atoms with Crippen LogP contribution in [0.3, 0.4) is 0 Å². The van der Waals surface area contributed by atoms with E-state index in [9.17, 15) is 9.90 Å². The van der Waals surface area contributed by atoms with Crippen LogP contribution in [0.25, 0.3) is 22.4 Å². The van der Waals surface area contributed by atoms with Gasteiger partial charge in [-0.15, -0.1) is 11.8 Å². The zero-order chi connectivity index (χ0) is 23.8. The van der Waals surface area contributed by atoms with Gasteiger partial charge in [0.1, 0.15) is 17.3 Å². The number of ether oxygens (including phenoxy) is 1. The molecule has 4 rings (SSSR count). The van der Waals surface area contributed by atoms with Gasteiger partial charge in [-0.1, -0.05) is 60.7 Å². The van der Waals surface area contributed by atoms with Gasteiger partial charge in [0.25, 0.3) is 0 Å². The van der Waals surface area contributed by atoms with Crippen molar-refractivity contribution in [2.75, 3.05) is 25.6 Å². The normalized spacial score (nSPS) is 18.1. The maximum absolute atomic E-state index is 10.7. The summed E-state index contributed by atoms with van der Waals surface area (Å²) in [6.45, 7) is 1.26. The highest BCUT2D eigenvalue weighted by atomic mass is 32.2. The van der Waals surface area contributed by atoms with E-state index in [-0.39, 0.29) is 13.2 Å². The van der Waals surface area contributed by atoms with Crippen molar-refractivity contribution in [1.82, 2.24) is 9.78 Å². The number of aromatic nitrogens is 2. The molecule has 0 unspecified atom stereocenters. The largest absolute Gasteiger partial charge is 0.480 e. The third-order valence-corrected chi connectivity index (χ3v) is 7.40. The second kappa shape index (κ2) is 12.2. The van der Waals surface area contributed by atoms with Gasteiger partial charge in [0.15, 0.2) is 0 Å². The first-order chi connectivity index (χ1) is 16.7. The number of carboxylic acid groups (broad SMARTS) is 1. The smallest absolute Gasteiger partial charge is 0.329 e. The summed E-state index contributed by atoms with van der Waals surface area (Å²) in [7, 11) is 0. The standard InChI is InChI=1S/C27H32N2O4S/c30-15-16-34-27-25(22-7-3-1-4-8-22)26(23-9-5-2-6-10-23)28-29(27)17-20-11-13-21(14-12-20)18-33-19-24(31)32/h1-10,20-21,30H,11-19H2,(H,31,32)/t20-,21+. The van der Waals surface area contributed by atoms with E-state index < -0.39 is 5.97 Å². The fourth-order valence-corrected chi connectivity index (χ4v) is 5.57. The molecule has 2 N–H and O–H groups in total. The van der Waals surface area contributed by atoms with E-state index >= 15 is 0 Å². The molecular formula is C27H32N2O4S. The van der Waals surface area contributed by atoms with Gasteiger partial charge in [-0.25, -0.2) is 4.79 Å². The van der Waals surface area contributed by atoms with E-state index in [0.717, 1.165) is 59.6 Å². The van der Waals surface area contributed by atoms with Crippen molar-refractivity contribution in [3.63, 3.8) is 0 Å². The van der Waals surface area contributed by atoms with Gasteiger partial charge < -0.3 is 14.9 Å². The van der Waals surface area contributed by atoms with E-state index in [0.29, 0.717) is 24.2 Å². The van der Waals surface area contributed by atoms with Crippen LogP contribution in [0.2, 0.25) is 0 Å². The van der Waals surface area contributed by atoms with Crippen molar-refractivity contribution in [2.45, 2.75) is 37.3 Å². The number of carboxylic acids is 1. The lowest BCUT2D eigenvalue weighted by molar-refractivity contribution is -0.142. The molecule has 0 amide bonds. The van der Waals surface area contributed by atoms with E-state index in [1.807, 2.05) is 24.3 Å². The molecule has 1 aliphatic rings. The second-order valence-electron chi connectivity index (χ2n) is 8.81. The van der Waals surface area contributed by atoms with E-state index in [1.165, 1.54) is 0 Å². The molecule has 7 heteroatoms. The number of nitrogens with zero attached hydrogens (tertiary/aromatic N) is 2. The van der Waals surface area contributed by atoms with Gasteiger partial charge in [-0.3, -0.25) is 4.68 Å². The van der Waals surface area contributed by atoms with Gasteiger partial charge in [-0.05, 0) is 43.1 Å². The third kappa shape index (κ3) is 6.29. The molecule has 180 valence electrons. The van der Waals surface area contributed by atoms with Crippen LogP contribution in [0.5, 0.6) is 0 Å². The van der Waals surface area contributed by atoms with Gasteiger partial charge in [-0.2, -0.15) is 5.10 Å². The Morgan fingerprint density at radius 1 is 0.971 bits per heavy atom. The molecule has 1 aliphatic carbocycles. The number of aliphatic hydroxyl groups is 1. The average molecular weight is 481 g/mol. The summed E-state index contributed by atoms with van der Waals surface area (Å²) in [6, 6.07) is 20.7. The summed E-state index contributed by atoms with van der Waals surface area (Å²) in [5.41, 5.74) is 4.32. The predicted octanol–water partition coefficient (Wildman–Crippen LogP) is 5.21. The lowest BCUT2D eigenvalue weighted by Gasteiger charge is -2.28. The van der Waals surface area contributed by atoms with Crippen LogP contribution in [-0.2, 0) is 16.1 Å². The molecule has 34 heavy (non-hydrogen) atoms. The van der Waals surface area contributed by atoms with Crippen molar-refractivity contribution in [2.24, 2.45) is 11.8 Å². The lowest BCUT2D eigenvalue weighted by Crippen LogP contribution is -2.23. The molecule has 3 aromatic rings. The molecule has 2 aromatic carbocycles. The lowest BCUT2D eigenvalue weighted by atomic mass is 9.82. The van der Waals surface area contributed by atoms with Crippen LogP contribution >= 0.6 is 11.8 Å². The number of rotatable bonds is 11. The molecule has 0 aliphatic heterocycles. The third-order valence-electron chi connectivity index (χ3n) is 6.32. The first-order valence-corrected chi connectivity index (χ1v) is 12.9. The fourth-order valence-electron chi connectivity index (χ4n) is 4.66. The van der Waals surface area contributed by atoms with E-state index in [4.69, 9.17) is 14.9 Å². The zero-order valence-electron chi connectivity index (χ0n) is 19.3. The molecule has 0 saturated heterocycles. The SMILES string of the molecule is O=C(O)COC[C@H]1CC[C@@H](Cn2nc(-c3ccccc3)c(-c3ccccc3)c2SCCO)CC1. The first-order valence-electron chi connectivity index (χ1n) is 11.9. The Kier molecular flexibility index (Phi) is 8.79. The van der Waals surface area contributed by atoms with Crippen molar-refractivity contribution < 1.29 is 19.7 Å². The maximum atomic E-state index is 10.7. The Morgan fingerprint density at radius 2 is 1.59 bits per heavy atom. The van der Waals surface area contributed by atoms with Gasteiger partial charge in [0, 0.05) is 23.4 Å². The second-order valence-corrected chi connectivity index (χ2v) is 9.89. The minimum atomic E-state index is -0.913. The number of aliphatic hydroxyl groups excluding tert-OH is 1. The van der Waals surface area contributed by atoms with Crippen molar-refractivity contribution >= 4 is 17.7 Å². The minimum Gasteiger partial charge on any atom is -0.480 e. The highest BCUT2D eigenvalue weighted by molar-refractivity contribution is 7.99. The monoisotopic (exact) mass is 480 g/mol. The summed E-state index contributed by atoms with van der Waals surface area (Å²) in [4.78, 5) is 10.7. The molecule has 0 spiro atoms. The van der Waals surface area contributed by atoms with Crippen LogP contribution in [0.1, 0.15) is 25.7 Å². The van der Waals surface area contributed by atoms with Crippen LogP contribution in [0, 0.1) is 11.8 Å². The molecule has 0 radical (unpaired) electrons. The summed E-state index contributed by atoms with van der Waals surface area (Å²) in [5, 5.41) is 24.6. The summed E-state index contributed by atoms with van der Waals surface area (Å²) in [5.74, 6) is 0.643. The molecule has 1 heterocycles. The highest BCUT2D eigenvalue weighted by Gasteiger charge is 2.26. The van der Waals surface area contributed by atoms with Gasteiger partial charge >= 0.3 is 5.97 Å². The van der Waals surface area contributed by atoms with E-state index in [2.05, 4.69) is 41.1 Å². The Balaban J connectivity index is 1.57. The Morgan fingerprint density at radius 3 is 2.21 bits per heavy atom. The molecule has 1 fully saturated rings. The van der Waals surface area contributed by atoms with Gasteiger partial charge in [0.05, 0.1) is 13.2 Å². The molecular weight excluding hydrogens is 448 g/mol. The first kappa shape index (κ1) is 24.5. The predicted molar refractivity (Wildman–Crippen MR) is 135 cm³/mol. The summed E-state index contributed by atoms with van der Waals surface area (Å²) in [6.07, 6.45) is 4.24. The molecule has 0 atom stereocenters. The Hall–Kier alpha value is -2.61. The van der Waals surface area contributed by atoms with Crippen LogP contribution in [-0.4, -0.2) is 51.5 Å². The number of benzene rings is 2. The van der Waals surface area contributed by atoms with E-state index in [1.54, 1.807) is 11.8 Å².